The second kappa shape index (κ2) is 3.31. The van der Waals surface area contributed by atoms with E-state index in [4.69, 9.17) is 0 Å². The van der Waals surface area contributed by atoms with E-state index in [-0.39, 0.29) is 0 Å². The highest BCUT2D eigenvalue weighted by atomic mass is 79.9. The molecular weight excluding hydrogens is 196 g/mol. The second-order valence-electron chi connectivity index (χ2n) is 1.57. The monoisotopic (exact) mass is 199 g/mol. The highest BCUT2D eigenvalue weighted by molar-refractivity contribution is 9.10. The maximum Gasteiger partial charge on any atom is 0.314 e. The molecule has 3 nitrogen and oxygen atoms in total. The van der Waals surface area contributed by atoms with E-state index in [1.54, 1.807) is 24.7 Å². The zero-order valence-electron chi connectivity index (χ0n) is 4.97. The minimum atomic E-state index is 0.610. The van der Waals surface area contributed by atoms with Crippen LogP contribution < -0.4 is 5.32 Å². The Balaban J connectivity index is 2.91. The lowest BCUT2D eigenvalue weighted by molar-refractivity contribution is 0.561. The fraction of sp³-hybridized carbons (Fsp3) is 0. The van der Waals surface area contributed by atoms with Crippen LogP contribution in [0.5, 0.6) is 0 Å². The van der Waals surface area contributed by atoms with E-state index < -0.39 is 0 Å². The third-order valence-electron chi connectivity index (χ3n) is 0.945. The molecule has 0 saturated carbocycles. The Hall–Kier alpha value is -0.900. The molecule has 0 aliphatic carbocycles. The number of rotatable bonds is 2. The Bertz CT molecular complexity index is 239. The molecule has 0 atom stereocenters. The van der Waals surface area contributed by atoms with E-state index in [1.807, 2.05) is 0 Å². The van der Waals surface area contributed by atoms with E-state index >= 15 is 0 Å². The number of nitrogens with one attached hydrogen (secondary N) is 1. The quantitative estimate of drug-likeness (QED) is 0.577. The molecule has 0 bridgehead atoms. The molecule has 1 amide bonds. The Morgan fingerprint density at radius 2 is 2.50 bits per heavy atom. The molecule has 1 radical (unpaired) electrons. The van der Waals surface area contributed by atoms with Gasteiger partial charge in [-0.3, -0.25) is 4.79 Å². The summed E-state index contributed by atoms with van der Waals surface area (Å²) in [5.74, 6) is 0. The summed E-state index contributed by atoms with van der Waals surface area (Å²) in [4.78, 5) is 13.7. The standard InChI is InChI=1S/C6H4BrN2O/c7-6-5(9-4-10)2-1-3-8-6/h1-3H,(H,9,10). The van der Waals surface area contributed by atoms with Gasteiger partial charge in [0.05, 0.1) is 5.69 Å². The van der Waals surface area contributed by atoms with Gasteiger partial charge in [-0.15, -0.1) is 0 Å². The Morgan fingerprint density at radius 3 is 3.10 bits per heavy atom. The van der Waals surface area contributed by atoms with Gasteiger partial charge in [0, 0.05) is 6.20 Å². The van der Waals surface area contributed by atoms with Gasteiger partial charge in [-0.1, -0.05) is 0 Å². The van der Waals surface area contributed by atoms with Crippen LogP contribution in [0.3, 0.4) is 0 Å². The van der Waals surface area contributed by atoms with Crippen LogP contribution in [0.15, 0.2) is 22.9 Å². The van der Waals surface area contributed by atoms with E-state index in [9.17, 15) is 4.79 Å². The van der Waals surface area contributed by atoms with Crippen LogP contribution in [0.25, 0.3) is 0 Å². The molecule has 10 heavy (non-hydrogen) atoms. The first-order valence-corrected chi connectivity index (χ1v) is 3.37. The summed E-state index contributed by atoms with van der Waals surface area (Å²) in [5.41, 5.74) is 0.623. The zero-order chi connectivity index (χ0) is 7.40. The summed E-state index contributed by atoms with van der Waals surface area (Å²) in [6.45, 7) is 0. The molecule has 1 aromatic rings. The van der Waals surface area contributed by atoms with Gasteiger partial charge in [0.25, 0.3) is 0 Å². The molecule has 0 fully saturated rings. The number of aromatic nitrogens is 1. The maximum atomic E-state index is 9.84. The molecule has 0 spiro atoms. The van der Waals surface area contributed by atoms with Crippen LogP contribution in [0.1, 0.15) is 0 Å². The van der Waals surface area contributed by atoms with Crippen LogP contribution >= 0.6 is 15.9 Å². The summed E-state index contributed by atoms with van der Waals surface area (Å²) < 4.78 is 0.610. The molecule has 1 rings (SSSR count). The van der Waals surface area contributed by atoms with Gasteiger partial charge < -0.3 is 5.32 Å². The number of pyridine rings is 1. The summed E-state index contributed by atoms with van der Waals surface area (Å²) >= 11 is 3.14. The van der Waals surface area contributed by atoms with Crippen LogP contribution in [0, 0.1) is 0 Å². The Kier molecular flexibility index (Phi) is 2.39. The molecule has 1 heterocycles. The minimum Gasteiger partial charge on any atom is -0.315 e. The smallest absolute Gasteiger partial charge is 0.314 e. The average molecular weight is 200 g/mol. The van der Waals surface area contributed by atoms with Gasteiger partial charge in [-0.05, 0) is 28.1 Å². The third-order valence-corrected chi connectivity index (χ3v) is 1.58. The van der Waals surface area contributed by atoms with Gasteiger partial charge in [0.1, 0.15) is 4.60 Å². The predicted octanol–water partition coefficient (Wildman–Crippen LogP) is 1.32. The summed E-state index contributed by atoms with van der Waals surface area (Å²) in [6, 6.07) is 3.45. The largest absolute Gasteiger partial charge is 0.315 e. The lowest BCUT2D eigenvalue weighted by Gasteiger charge is -1.96. The number of carbonyl (C=O) groups excluding carboxylic acids is 1. The van der Waals surface area contributed by atoms with Gasteiger partial charge in [0.2, 0.25) is 0 Å². The van der Waals surface area contributed by atoms with E-state index in [1.165, 1.54) is 0 Å². The molecule has 51 valence electrons. The number of hydrogen-bond acceptors (Lipinski definition) is 2. The van der Waals surface area contributed by atoms with Crippen molar-refractivity contribution in [3.8, 4) is 0 Å². The summed E-state index contributed by atoms with van der Waals surface area (Å²) in [7, 11) is 0. The minimum absolute atomic E-state index is 0.610. The van der Waals surface area contributed by atoms with Gasteiger partial charge >= 0.3 is 6.41 Å². The molecule has 0 saturated heterocycles. The van der Waals surface area contributed by atoms with Gasteiger partial charge in [-0.2, -0.15) is 0 Å². The van der Waals surface area contributed by atoms with E-state index in [2.05, 4.69) is 26.2 Å². The normalized spacial score (nSPS) is 8.90. The van der Waals surface area contributed by atoms with Crippen molar-refractivity contribution in [1.29, 1.82) is 0 Å². The molecule has 0 aromatic carbocycles. The van der Waals surface area contributed by atoms with Crippen molar-refractivity contribution in [3.05, 3.63) is 22.9 Å². The fourth-order valence-electron chi connectivity index (χ4n) is 0.534. The summed E-state index contributed by atoms with van der Waals surface area (Å²) in [5, 5.41) is 2.36. The number of halogens is 1. The second-order valence-corrected chi connectivity index (χ2v) is 2.32. The molecule has 1 N–H and O–H groups in total. The topological polar surface area (TPSA) is 42.0 Å². The Morgan fingerprint density at radius 1 is 1.70 bits per heavy atom. The first kappa shape index (κ1) is 7.21. The average Bonchev–Trinajstić information content (AvgIpc) is 1.94. The van der Waals surface area contributed by atoms with E-state index in [0.29, 0.717) is 10.3 Å². The first-order chi connectivity index (χ1) is 4.84. The molecular formula is C6H4BrN2O. The van der Waals surface area contributed by atoms with Crippen LogP contribution in [0.2, 0.25) is 0 Å². The number of nitrogens with zero attached hydrogens (tertiary/aromatic N) is 1. The van der Waals surface area contributed by atoms with Gasteiger partial charge in [0.15, 0.2) is 0 Å². The molecule has 4 heteroatoms. The van der Waals surface area contributed by atoms with Crippen LogP contribution in [0.4, 0.5) is 5.69 Å². The lowest BCUT2D eigenvalue weighted by Crippen LogP contribution is -1.94. The Labute approximate surface area is 66.6 Å². The van der Waals surface area contributed by atoms with Crippen molar-refractivity contribution < 1.29 is 4.79 Å². The highest BCUT2D eigenvalue weighted by Crippen LogP contribution is 2.16. The van der Waals surface area contributed by atoms with Crippen molar-refractivity contribution >= 4 is 28.0 Å². The van der Waals surface area contributed by atoms with Gasteiger partial charge in [-0.25, -0.2) is 4.98 Å². The SMILES string of the molecule is O=[C]Nc1cccnc1Br. The summed E-state index contributed by atoms with van der Waals surface area (Å²) in [6.07, 6.45) is 3.18. The first-order valence-electron chi connectivity index (χ1n) is 2.58. The van der Waals surface area contributed by atoms with Crippen LogP contribution in [-0.2, 0) is 4.79 Å². The molecule has 0 aliphatic heterocycles. The van der Waals surface area contributed by atoms with Crippen molar-refractivity contribution in [2.24, 2.45) is 0 Å². The molecule has 1 aromatic heterocycles. The van der Waals surface area contributed by atoms with Crippen molar-refractivity contribution in [3.63, 3.8) is 0 Å². The maximum absolute atomic E-state index is 9.84. The fourth-order valence-corrected chi connectivity index (χ4v) is 0.884. The number of anilines is 1. The van der Waals surface area contributed by atoms with Crippen molar-refractivity contribution in [2.45, 2.75) is 0 Å². The number of amides is 1. The molecule has 0 unspecified atom stereocenters. The zero-order valence-corrected chi connectivity index (χ0v) is 6.55. The van der Waals surface area contributed by atoms with Crippen LogP contribution in [-0.4, -0.2) is 11.4 Å². The lowest BCUT2D eigenvalue weighted by atomic mass is 10.4. The number of hydrogen-bond donors (Lipinski definition) is 1. The third kappa shape index (κ3) is 1.54. The predicted molar refractivity (Wildman–Crippen MR) is 41.3 cm³/mol. The van der Waals surface area contributed by atoms with Crippen molar-refractivity contribution in [2.75, 3.05) is 5.32 Å². The van der Waals surface area contributed by atoms with Crippen molar-refractivity contribution in [1.82, 2.24) is 4.98 Å². The highest BCUT2D eigenvalue weighted by Gasteiger charge is 1.95. The molecule has 0 aliphatic rings. The van der Waals surface area contributed by atoms with E-state index in [0.717, 1.165) is 0 Å².